The van der Waals surface area contributed by atoms with Crippen molar-refractivity contribution < 1.29 is 0 Å². The summed E-state index contributed by atoms with van der Waals surface area (Å²) in [5.74, 6) is 3.10. The molecule has 1 fully saturated rings. The van der Waals surface area contributed by atoms with Crippen LogP contribution in [0.3, 0.4) is 0 Å². The van der Waals surface area contributed by atoms with Crippen LogP contribution in [0.1, 0.15) is 57.5 Å². The summed E-state index contributed by atoms with van der Waals surface area (Å²) in [7, 11) is 0. The molecule has 1 N–H and O–H groups in total. The number of aromatic nitrogens is 2. The van der Waals surface area contributed by atoms with Crippen LogP contribution in [-0.2, 0) is 6.42 Å². The SMILES string of the molecule is CC(C)Cc1[nH]c(C2CCC(C)C2)nc(=S)c1Br. The highest BCUT2D eigenvalue weighted by molar-refractivity contribution is 9.10. The maximum Gasteiger partial charge on any atom is 0.144 e. The van der Waals surface area contributed by atoms with Crippen molar-refractivity contribution in [2.75, 3.05) is 0 Å². The summed E-state index contributed by atoms with van der Waals surface area (Å²) in [6.07, 6.45) is 4.80. The smallest absolute Gasteiger partial charge is 0.144 e. The van der Waals surface area contributed by atoms with E-state index in [0.29, 0.717) is 16.5 Å². The minimum absolute atomic E-state index is 0.570. The van der Waals surface area contributed by atoms with E-state index in [-0.39, 0.29) is 0 Å². The molecule has 4 heteroatoms. The molecule has 0 bridgehead atoms. The molecule has 0 aliphatic heterocycles. The number of hydrogen-bond acceptors (Lipinski definition) is 2. The van der Waals surface area contributed by atoms with E-state index in [1.807, 2.05) is 0 Å². The third-order valence-corrected chi connectivity index (χ3v) is 5.06. The van der Waals surface area contributed by atoms with Crippen LogP contribution in [0.2, 0.25) is 0 Å². The molecule has 2 unspecified atom stereocenters. The van der Waals surface area contributed by atoms with Gasteiger partial charge in [0.05, 0.1) is 4.47 Å². The molecule has 100 valence electrons. The van der Waals surface area contributed by atoms with Crippen LogP contribution in [0.4, 0.5) is 0 Å². The summed E-state index contributed by atoms with van der Waals surface area (Å²) >= 11 is 8.93. The van der Waals surface area contributed by atoms with Gasteiger partial charge in [-0.2, -0.15) is 0 Å². The second-order valence-corrected chi connectivity index (χ2v) is 7.11. The number of nitrogens with one attached hydrogen (secondary N) is 1. The largest absolute Gasteiger partial charge is 0.346 e. The van der Waals surface area contributed by atoms with Gasteiger partial charge < -0.3 is 4.98 Å². The van der Waals surface area contributed by atoms with Crippen molar-refractivity contribution in [3.63, 3.8) is 0 Å². The van der Waals surface area contributed by atoms with E-state index in [4.69, 9.17) is 12.2 Å². The molecule has 1 saturated carbocycles. The fourth-order valence-corrected chi connectivity index (χ4v) is 3.29. The van der Waals surface area contributed by atoms with Crippen LogP contribution < -0.4 is 0 Å². The van der Waals surface area contributed by atoms with E-state index < -0.39 is 0 Å². The molecule has 0 amide bonds. The molecular weight excluding hydrogens is 308 g/mol. The van der Waals surface area contributed by atoms with E-state index in [0.717, 1.165) is 22.6 Å². The molecule has 2 nitrogen and oxygen atoms in total. The molecule has 1 heterocycles. The lowest BCUT2D eigenvalue weighted by molar-refractivity contribution is 0.576. The molecule has 1 aliphatic rings. The zero-order valence-electron chi connectivity index (χ0n) is 11.3. The Bertz CT molecular complexity index is 481. The molecule has 2 rings (SSSR count). The zero-order valence-corrected chi connectivity index (χ0v) is 13.7. The minimum atomic E-state index is 0.570. The van der Waals surface area contributed by atoms with Crippen molar-refractivity contribution in [2.24, 2.45) is 11.8 Å². The van der Waals surface area contributed by atoms with Crippen LogP contribution in [0.15, 0.2) is 4.47 Å². The first-order chi connectivity index (χ1) is 8.47. The van der Waals surface area contributed by atoms with Crippen LogP contribution >= 0.6 is 28.1 Å². The summed E-state index contributed by atoms with van der Waals surface area (Å²) in [5, 5.41) is 0. The monoisotopic (exact) mass is 328 g/mol. The van der Waals surface area contributed by atoms with Gasteiger partial charge in [-0.1, -0.05) is 33.0 Å². The maximum absolute atomic E-state index is 5.37. The first-order valence-electron chi connectivity index (χ1n) is 6.76. The molecule has 0 spiro atoms. The van der Waals surface area contributed by atoms with E-state index in [9.17, 15) is 0 Å². The number of aromatic amines is 1. The van der Waals surface area contributed by atoms with Crippen molar-refractivity contribution in [1.82, 2.24) is 9.97 Å². The lowest BCUT2D eigenvalue weighted by Gasteiger charge is -2.14. The average Bonchev–Trinajstić information content (AvgIpc) is 2.70. The van der Waals surface area contributed by atoms with Gasteiger partial charge in [-0.3, -0.25) is 0 Å². The second-order valence-electron chi connectivity index (χ2n) is 5.93. The van der Waals surface area contributed by atoms with Crippen molar-refractivity contribution in [2.45, 2.75) is 52.4 Å². The molecule has 1 aromatic heterocycles. The lowest BCUT2D eigenvalue weighted by Crippen LogP contribution is -2.07. The van der Waals surface area contributed by atoms with Gasteiger partial charge in [0, 0.05) is 11.6 Å². The van der Waals surface area contributed by atoms with Gasteiger partial charge >= 0.3 is 0 Å². The number of hydrogen-bond donors (Lipinski definition) is 1. The maximum atomic E-state index is 5.37. The third-order valence-electron chi connectivity index (χ3n) is 3.65. The zero-order chi connectivity index (χ0) is 13.3. The van der Waals surface area contributed by atoms with Crippen LogP contribution in [0.25, 0.3) is 0 Å². The standard InChI is InChI=1S/C14H21BrN2S/c1-8(2)6-11-12(15)14(18)17-13(16-11)10-5-4-9(3)7-10/h8-10H,4-7H2,1-3H3,(H,16,17,18). The van der Waals surface area contributed by atoms with Crippen molar-refractivity contribution in [3.05, 3.63) is 20.6 Å². The minimum Gasteiger partial charge on any atom is -0.346 e. The average molecular weight is 329 g/mol. The summed E-state index contributed by atoms with van der Waals surface area (Å²) in [6, 6.07) is 0. The fourth-order valence-electron chi connectivity index (χ4n) is 2.72. The Labute approximate surface area is 123 Å². The summed E-state index contributed by atoms with van der Waals surface area (Å²) in [6.45, 7) is 6.77. The fraction of sp³-hybridized carbons (Fsp3) is 0.714. The molecule has 0 aromatic carbocycles. The Morgan fingerprint density at radius 2 is 2.17 bits per heavy atom. The highest BCUT2D eigenvalue weighted by atomic mass is 79.9. The number of nitrogens with zero attached hydrogens (tertiary/aromatic N) is 1. The Morgan fingerprint density at radius 3 is 2.72 bits per heavy atom. The quantitative estimate of drug-likeness (QED) is 0.790. The van der Waals surface area contributed by atoms with Gasteiger partial charge in [0.2, 0.25) is 0 Å². The van der Waals surface area contributed by atoms with E-state index >= 15 is 0 Å². The third kappa shape index (κ3) is 3.21. The lowest BCUT2D eigenvalue weighted by atomic mass is 10.0. The summed E-state index contributed by atoms with van der Waals surface area (Å²) in [4.78, 5) is 8.09. The van der Waals surface area contributed by atoms with Gasteiger partial charge in [-0.05, 0) is 53.4 Å². The summed E-state index contributed by atoms with van der Waals surface area (Å²) < 4.78 is 1.68. The number of halogens is 1. The predicted molar refractivity (Wildman–Crippen MR) is 81.4 cm³/mol. The van der Waals surface area contributed by atoms with Crippen molar-refractivity contribution in [3.8, 4) is 0 Å². The second kappa shape index (κ2) is 5.83. The van der Waals surface area contributed by atoms with E-state index in [2.05, 4.69) is 46.7 Å². The molecule has 2 atom stereocenters. The molecule has 0 saturated heterocycles. The first-order valence-corrected chi connectivity index (χ1v) is 7.96. The highest BCUT2D eigenvalue weighted by Gasteiger charge is 2.25. The molecule has 0 radical (unpaired) electrons. The van der Waals surface area contributed by atoms with Gasteiger partial charge in [0.1, 0.15) is 10.5 Å². The molecule has 18 heavy (non-hydrogen) atoms. The molecule has 1 aliphatic carbocycles. The molecular formula is C14H21BrN2S. The van der Waals surface area contributed by atoms with Gasteiger partial charge in [-0.15, -0.1) is 0 Å². The van der Waals surface area contributed by atoms with Gasteiger partial charge in [0.25, 0.3) is 0 Å². The van der Waals surface area contributed by atoms with Crippen LogP contribution in [0.5, 0.6) is 0 Å². The van der Waals surface area contributed by atoms with Gasteiger partial charge in [-0.25, -0.2) is 4.98 Å². The first kappa shape index (κ1) is 14.2. The number of rotatable bonds is 3. The Hall–Kier alpha value is -0.220. The van der Waals surface area contributed by atoms with E-state index in [1.165, 1.54) is 25.0 Å². The van der Waals surface area contributed by atoms with Crippen LogP contribution in [-0.4, -0.2) is 9.97 Å². The van der Waals surface area contributed by atoms with Crippen LogP contribution in [0, 0.1) is 16.5 Å². The van der Waals surface area contributed by atoms with Gasteiger partial charge in [0.15, 0.2) is 0 Å². The topological polar surface area (TPSA) is 28.7 Å². The normalized spacial score (nSPS) is 23.8. The highest BCUT2D eigenvalue weighted by Crippen LogP contribution is 2.37. The Balaban J connectivity index is 2.32. The predicted octanol–water partition coefficient (Wildman–Crippen LogP) is 5.00. The Kier molecular flexibility index (Phi) is 4.59. The van der Waals surface area contributed by atoms with E-state index in [1.54, 1.807) is 0 Å². The number of H-pyrrole nitrogens is 1. The van der Waals surface area contributed by atoms with Crippen molar-refractivity contribution >= 4 is 28.1 Å². The Morgan fingerprint density at radius 1 is 1.44 bits per heavy atom. The molecule has 1 aromatic rings. The summed E-state index contributed by atoms with van der Waals surface area (Å²) in [5.41, 5.74) is 1.21. The van der Waals surface area contributed by atoms with Crippen molar-refractivity contribution in [1.29, 1.82) is 0 Å².